The Hall–Kier alpha value is -1.35. The van der Waals surface area contributed by atoms with E-state index in [9.17, 15) is 0 Å². The fraction of sp³-hybridized carbons (Fsp3) is 0.462. The molecule has 1 N–H and O–H groups in total. The Morgan fingerprint density at radius 2 is 2.25 bits per heavy atom. The lowest BCUT2D eigenvalue weighted by Gasteiger charge is -2.15. The highest BCUT2D eigenvalue weighted by atomic mass is 16.5. The van der Waals surface area contributed by atoms with E-state index in [1.165, 1.54) is 24.0 Å². The maximum Gasteiger partial charge on any atom is 0.216 e. The molecule has 3 heteroatoms. The molecular weight excluding hydrogens is 200 g/mol. The van der Waals surface area contributed by atoms with E-state index in [0.29, 0.717) is 6.04 Å². The average molecular weight is 216 g/mol. The number of nitrogens with one attached hydrogen (secondary N) is 1. The normalized spacial score (nSPS) is 24.2. The van der Waals surface area contributed by atoms with Gasteiger partial charge in [-0.15, -0.1) is 0 Å². The molecule has 3 rings (SSSR count). The monoisotopic (exact) mass is 216 g/mol. The zero-order valence-electron chi connectivity index (χ0n) is 9.28. The first kappa shape index (κ1) is 9.85. The number of benzene rings is 1. The summed E-state index contributed by atoms with van der Waals surface area (Å²) in [6.45, 7) is 2.63. The van der Waals surface area contributed by atoms with Gasteiger partial charge in [0.05, 0.1) is 6.54 Å². The van der Waals surface area contributed by atoms with E-state index >= 15 is 0 Å². The van der Waals surface area contributed by atoms with Gasteiger partial charge < -0.3 is 10.1 Å². The van der Waals surface area contributed by atoms with Crippen LogP contribution < -0.4 is 5.32 Å². The van der Waals surface area contributed by atoms with Crippen molar-refractivity contribution in [2.75, 3.05) is 19.7 Å². The number of nitrogens with zero attached hydrogens (tertiary/aromatic N) is 1. The molecule has 0 radical (unpaired) electrons. The highest BCUT2D eigenvalue weighted by molar-refractivity contribution is 5.96. The van der Waals surface area contributed by atoms with Crippen LogP contribution in [0.5, 0.6) is 0 Å². The minimum absolute atomic E-state index is 0.475. The molecule has 0 amide bonds. The summed E-state index contributed by atoms with van der Waals surface area (Å²) in [5, 5.41) is 3.53. The predicted octanol–water partition coefficient (Wildman–Crippen LogP) is 1.89. The molecule has 2 aliphatic heterocycles. The van der Waals surface area contributed by atoms with Crippen LogP contribution in [0.3, 0.4) is 0 Å². The van der Waals surface area contributed by atoms with Gasteiger partial charge in [0.1, 0.15) is 6.61 Å². The molecule has 0 saturated carbocycles. The van der Waals surface area contributed by atoms with Crippen molar-refractivity contribution in [2.45, 2.75) is 18.9 Å². The van der Waals surface area contributed by atoms with Crippen molar-refractivity contribution >= 4 is 5.90 Å². The minimum Gasteiger partial charge on any atom is -0.476 e. The number of aliphatic imine (C=N–C) groups is 1. The molecule has 3 nitrogen and oxygen atoms in total. The van der Waals surface area contributed by atoms with Crippen molar-refractivity contribution in [3.05, 3.63) is 35.4 Å². The third-order valence-electron chi connectivity index (χ3n) is 3.21. The Kier molecular flexibility index (Phi) is 2.62. The van der Waals surface area contributed by atoms with Crippen LogP contribution in [-0.2, 0) is 4.74 Å². The van der Waals surface area contributed by atoms with Crippen LogP contribution in [0.1, 0.15) is 30.0 Å². The molecule has 16 heavy (non-hydrogen) atoms. The zero-order valence-corrected chi connectivity index (χ0v) is 9.28. The molecule has 1 fully saturated rings. The molecule has 84 valence electrons. The van der Waals surface area contributed by atoms with Gasteiger partial charge in [0, 0.05) is 11.6 Å². The Bertz CT molecular complexity index is 408. The molecule has 2 heterocycles. The molecule has 0 bridgehead atoms. The van der Waals surface area contributed by atoms with Gasteiger partial charge in [0.25, 0.3) is 0 Å². The summed E-state index contributed by atoms with van der Waals surface area (Å²) >= 11 is 0. The fourth-order valence-corrected chi connectivity index (χ4v) is 2.44. The summed E-state index contributed by atoms with van der Waals surface area (Å²) in [5.41, 5.74) is 2.50. The van der Waals surface area contributed by atoms with Crippen LogP contribution in [0.25, 0.3) is 0 Å². The lowest BCUT2D eigenvalue weighted by molar-refractivity contribution is 0.348. The smallest absolute Gasteiger partial charge is 0.216 e. The van der Waals surface area contributed by atoms with E-state index < -0.39 is 0 Å². The van der Waals surface area contributed by atoms with Gasteiger partial charge in [-0.05, 0) is 31.0 Å². The summed E-state index contributed by atoms with van der Waals surface area (Å²) in [6, 6.07) is 8.91. The molecule has 1 atom stereocenters. The third-order valence-corrected chi connectivity index (χ3v) is 3.21. The quantitative estimate of drug-likeness (QED) is 0.819. The number of hydrogen-bond donors (Lipinski definition) is 1. The van der Waals surface area contributed by atoms with Crippen molar-refractivity contribution in [3.63, 3.8) is 0 Å². The van der Waals surface area contributed by atoms with Crippen LogP contribution in [0.4, 0.5) is 0 Å². The van der Waals surface area contributed by atoms with E-state index in [0.717, 1.165) is 25.6 Å². The molecule has 1 aromatic carbocycles. The number of rotatable bonds is 2. The van der Waals surface area contributed by atoms with Crippen molar-refractivity contribution in [3.8, 4) is 0 Å². The first-order chi connectivity index (χ1) is 7.95. The summed E-state index contributed by atoms with van der Waals surface area (Å²) in [5.74, 6) is 0.823. The minimum atomic E-state index is 0.475. The maximum absolute atomic E-state index is 5.56. The lowest BCUT2D eigenvalue weighted by atomic mass is 9.99. The molecule has 0 spiro atoms. The topological polar surface area (TPSA) is 33.6 Å². The second kappa shape index (κ2) is 4.26. The van der Waals surface area contributed by atoms with Gasteiger partial charge in [-0.25, -0.2) is 4.99 Å². The maximum atomic E-state index is 5.56. The fourth-order valence-electron chi connectivity index (χ4n) is 2.44. The van der Waals surface area contributed by atoms with Gasteiger partial charge in [-0.2, -0.15) is 0 Å². The SMILES string of the molecule is c1ccc(C2CCCN2)c(C2=NCCO2)c1. The largest absolute Gasteiger partial charge is 0.476 e. The van der Waals surface area contributed by atoms with E-state index in [-0.39, 0.29) is 0 Å². The van der Waals surface area contributed by atoms with E-state index in [4.69, 9.17) is 4.74 Å². The van der Waals surface area contributed by atoms with Crippen molar-refractivity contribution in [1.29, 1.82) is 0 Å². The van der Waals surface area contributed by atoms with Crippen molar-refractivity contribution in [2.24, 2.45) is 4.99 Å². The summed E-state index contributed by atoms with van der Waals surface area (Å²) in [4.78, 5) is 4.40. The highest BCUT2D eigenvalue weighted by Crippen LogP contribution is 2.27. The van der Waals surface area contributed by atoms with Crippen LogP contribution >= 0.6 is 0 Å². The van der Waals surface area contributed by atoms with E-state index in [1.54, 1.807) is 0 Å². The van der Waals surface area contributed by atoms with Gasteiger partial charge in [-0.1, -0.05) is 18.2 Å². The van der Waals surface area contributed by atoms with Gasteiger partial charge in [0.15, 0.2) is 0 Å². The molecule has 0 aliphatic carbocycles. The molecular formula is C13H16N2O. The Labute approximate surface area is 95.5 Å². The Balaban J connectivity index is 1.96. The molecule has 1 saturated heterocycles. The Morgan fingerprint density at radius 1 is 1.31 bits per heavy atom. The Morgan fingerprint density at radius 3 is 3.00 bits per heavy atom. The zero-order chi connectivity index (χ0) is 10.8. The molecule has 2 aliphatic rings. The molecule has 0 aromatic heterocycles. The summed E-state index contributed by atoms with van der Waals surface area (Å²) in [6.07, 6.45) is 2.47. The first-order valence-electron chi connectivity index (χ1n) is 5.95. The van der Waals surface area contributed by atoms with Crippen molar-refractivity contribution in [1.82, 2.24) is 5.32 Å². The summed E-state index contributed by atoms with van der Waals surface area (Å²) < 4.78 is 5.56. The van der Waals surface area contributed by atoms with Crippen LogP contribution in [-0.4, -0.2) is 25.6 Å². The van der Waals surface area contributed by atoms with Gasteiger partial charge >= 0.3 is 0 Å². The van der Waals surface area contributed by atoms with Crippen LogP contribution in [0.2, 0.25) is 0 Å². The molecule has 1 unspecified atom stereocenters. The van der Waals surface area contributed by atoms with Crippen LogP contribution in [0.15, 0.2) is 29.3 Å². The average Bonchev–Trinajstić information content (AvgIpc) is 3.03. The number of ether oxygens (including phenoxy) is 1. The second-order valence-corrected chi connectivity index (χ2v) is 4.27. The first-order valence-corrected chi connectivity index (χ1v) is 5.95. The van der Waals surface area contributed by atoms with Gasteiger partial charge in [0.2, 0.25) is 5.90 Å². The third kappa shape index (κ3) is 1.71. The number of hydrogen-bond acceptors (Lipinski definition) is 3. The highest BCUT2D eigenvalue weighted by Gasteiger charge is 2.22. The van der Waals surface area contributed by atoms with Crippen LogP contribution in [0, 0.1) is 0 Å². The predicted molar refractivity (Wildman–Crippen MR) is 63.8 cm³/mol. The standard InChI is InChI=1S/C13H16N2O/c1-2-5-11(13-15-8-9-16-13)10(4-1)12-6-3-7-14-12/h1-2,4-5,12,14H,3,6-9H2. The molecule has 1 aromatic rings. The summed E-state index contributed by atoms with van der Waals surface area (Å²) in [7, 11) is 0. The second-order valence-electron chi connectivity index (χ2n) is 4.27. The van der Waals surface area contributed by atoms with Crippen molar-refractivity contribution < 1.29 is 4.74 Å². The lowest BCUT2D eigenvalue weighted by Crippen LogP contribution is -2.16. The van der Waals surface area contributed by atoms with E-state index in [1.807, 2.05) is 0 Å². The van der Waals surface area contributed by atoms with Gasteiger partial charge in [-0.3, -0.25) is 0 Å². The van der Waals surface area contributed by atoms with E-state index in [2.05, 4.69) is 34.6 Å².